The van der Waals surface area contributed by atoms with Gasteiger partial charge in [0.05, 0.1) is 0 Å². The molecule has 3 rings (SSSR count). The maximum Gasteiger partial charge on any atom is 0.0500 e. The van der Waals surface area contributed by atoms with E-state index >= 15 is 0 Å². The molecule has 0 atom stereocenters. The zero-order valence-corrected chi connectivity index (χ0v) is 12.4. The fourth-order valence-corrected chi connectivity index (χ4v) is 3.02. The van der Waals surface area contributed by atoms with Crippen molar-refractivity contribution >= 4 is 22.5 Å². The molecule has 1 fully saturated rings. The molecule has 0 amide bonds. The number of benzene rings is 1. The summed E-state index contributed by atoms with van der Waals surface area (Å²) in [5.41, 5.74) is 2.60. The minimum Gasteiger partial charge on any atom is -0.341 e. The van der Waals surface area contributed by atoms with Gasteiger partial charge in [0.15, 0.2) is 0 Å². The first-order valence-electron chi connectivity index (χ1n) is 7.18. The Balaban J connectivity index is 1.94. The third kappa shape index (κ3) is 2.52. The van der Waals surface area contributed by atoms with Crippen LogP contribution in [-0.4, -0.2) is 10.6 Å². The lowest BCUT2D eigenvalue weighted by molar-refractivity contribution is 0.334. The molecule has 0 spiro atoms. The molecule has 1 aromatic heterocycles. The molecule has 1 heterocycles. The number of nitrogens with zero attached hydrogens (tertiary/aromatic N) is 1. The van der Waals surface area contributed by atoms with Crippen molar-refractivity contribution in [3.63, 3.8) is 0 Å². The van der Waals surface area contributed by atoms with E-state index in [4.69, 9.17) is 11.6 Å². The Hall–Kier alpha value is -0.990. The number of aromatic nitrogens is 1. The van der Waals surface area contributed by atoms with Crippen molar-refractivity contribution in [2.24, 2.45) is 0 Å². The fourth-order valence-electron chi connectivity index (χ4n) is 2.86. The molecule has 0 unspecified atom stereocenters. The fraction of sp³-hybridized carbons (Fsp3) is 0.500. The van der Waals surface area contributed by atoms with Crippen LogP contribution in [0.15, 0.2) is 24.3 Å². The van der Waals surface area contributed by atoms with Gasteiger partial charge in [-0.15, -0.1) is 0 Å². The van der Waals surface area contributed by atoms with E-state index in [0.717, 1.165) is 17.6 Å². The molecule has 1 N–H and O–H groups in total. The highest BCUT2D eigenvalue weighted by molar-refractivity contribution is 6.31. The number of hydrogen-bond donors (Lipinski definition) is 1. The molecule has 19 heavy (non-hydrogen) atoms. The van der Waals surface area contributed by atoms with Gasteiger partial charge in [0.2, 0.25) is 0 Å². The zero-order chi connectivity index (χ0) is 13.4. The van der Waals surface area contributed by atoms with Crippen molar-refractivity contribution in [2.45, 2.75) is 51.7 Å². The van der Waals surface area contributed by atoms with Crippen LogP contribution in [0.25, 0.3) is 10.9 Å². The van der Waals surface area contributed by atoms with Crippen LogP contribution < -0.4 is 5.32 Å². The third-order valence-corrected chi connectivity index (χ3v) is 4.31. The first-order valence-corrected chi connectivity index (χ1v) is 7.55. The molecular weight excluding hydrogens is 256 g/mol. The van der Waals surface area contributed by atoms with Crippen LogP contribution in [0.2, 0.25) is 5.02 Å². The lowest BCUT2D eigenvalue weighted by Crippen LogP contribution is -2.35. The monoisotopic (exact) mass is 276 g/mol. The second-order valence-electron chi connectivity index (χ2n) is 5.81. The van der Waals surface area contributed by atoms with Gasteiger partial charge in [-0.25, -0.2) is 0 Å². The summed E-state index contributed by atoms with van der Waals surface area (Å²) >= 11 is 6.13. The summed E-state index contributed by atoms with van der Waals surface area (Å²) in [5, 5.41) is 5.74. The summed E-state index contributed by atoms with van der Waals surface area (Å²) in [6, 6.07) is 9.62. The summed E-state index contributed by atoms with van der Waals surface area (Å²) in [6.45, 7) is 5.41. The molecule has 3 heteroatoms. The minimum atomic E-state index is 0.453. The van der Waals surface area contributed by atoms with Gasteiger partial charge in [-0.3, -0.25) is 0 Å². The van der Waals surface area contributed by atoms with Crippen LogP contribution in [0.5, 0.6) is 0 Å². The standard InChI is InChI=1S/C16H21ClN2/c1-11(2)19-15(10-18-14-4-3-5-14)8-12-6-7-13(17)9-16(12)19/h6-9,11,14,18H,3-5,10H2,1-2H3. The number of halogens is 1. The summed E-state index contributed by atoms with van der Waals surface area (Å²) in [7, 11) is 0. The highest BCUT2D eigenvalue weighted by Crippen LogP contribution is 2.27. The largest absolute Gasteiger partial charge is 0.341 e. The molecule has 0 radical (unpaired) electrons. The SMILES string of the molecule is CC(C)n1c(CNC2CCC2)cc2ccc(Cl)cc21. The maximum atomic E-state index is 6.13. The van der Waals surface area contributed by atoms with Crippen LogP contribution >= 0.6 is 11.6 Å². The van der Waals surface area contributed by atoms with Gasteiger partial charge in [0.1, 0.15) is 0 Å². The van der Waals surface area contributed by atoms with E-state index in [0.29, 0.717) is 6.04 Å². The molecule has 1 saturated carbocycles. The highest BCUT2D eigenvalue weighted by atomic mass is 35.5. The zero-order valence-electron chi connectivity index (χ0n) is 11.6. The Morgan fingerprint density at radius 1 is 1.32 bits per heavy atom. The predicted octanol–water partition coefficient (Wildman–Crippen LogP) is 4.52. The van der Waals surface area contributed by atoms with E-state index in [1.807, 2.05) is 6.07 Å². The molecular formula is C16H21ClN2. The van der Waals surface area contributed by atoms with Crippen molar-refractivity contribution in [1.82, 2.24) is 9.88 Å². The quantitative estimate of drug-likeness (QED) is 0.869. The second-order valence-corrected chi connectivity index (χ2v) is 6.25. The average Bonchev–Trinajstić information content (AvgIpc) is 2.64. The lowest BCUT2D eigenvalue weighted by atomic mass is 9.93. The van der Waals surface area contributed by atoms with Crippen LogP contribution in [0.3, 0.4) is 0 Å². The predicted molar refractivity (Wildman–Crippen MR) is 81.8 cm³/mol. The summed E-state index contributed by atoms with van der Waals surface area (Å²) in [5.74, 6) is 0. The maximum absolute atomic E-state index is 6.13. The number of hydrogen-bond acceptors (Lipinski definition) is 1. The van der Waals surface area contributed by atoms with Crippen molar-refractivity contribution in [2.75, 3.05) is 0 Å². The summed E-state index contributed by atoms with van der Waals surface area (Å²) in [6.07, 6.45) is 4.03. The van der Waals surface area contributed by atoms with Crippen molar-refractivity contribution in [1.29, 1.82) is 0 Å². The average molecular weight is 277 g/mol. The van der Waals surface area contributed by atoms with Crippen molar-refractivity contribution < 1.29 is 0 Å². The second kappa shape index (κ2) is 5.18. The lowest BCUT2D eigenvalue weighted by Gasteiger charge is -2.27. The molecule has 1 aromatic carbocycles. The molecule has 0 aliphatic heterocycles. The number of rotatable bonds is 4. The van der Waals surface area contributed by atoms with Gasteiger partial charge in [-0.2, -0.15) is 0 Å². The van der Waals surface area contributed by atoms with Crippen molar-refractivity contribution in [3.05, 3.63) is 35.0 Å². The van der Waals surface area contributed by atoms with Gasteiger partial charge >= 0.3 is 0 Å². The van der Waals surface area contributed by atoms with E-state index in [2.05, 4.69) is 41.9 Å². The Morgan fingerprint density at radius 3 is 2.74 bits per heavy atom. The molecule has 1 aliphatic carbocycles. The van der Waals surface area contributed by atoms with Gasteiger partial charge < -0.3 is 9.88 Å². The van der Waals surface area contributed by atoms with E-state index < -0.39 is 0 Å². The third-order valence-electron chi connectivity index (χ3n) is 4.08. The van der Waals surface area contributed by atoms with Crippen LogP contribution in [-0.2, 0) is 6.54 Å². The van der Waals surface area contributed by atoms with Gasteiger partial charge in [0, 0.05) is 40.2 Å². The number of nitrogens with one attached hydrogen (secondary N) is 1. The molecule has 1 aliphatic rings. The summed E-state index contributed by atoms with van der Waals surface area (Å²) in [4.78, 5) is 0. The Morgan fingerprint density at radius 2 is 2.11 bits per heavy atom. The first-order chi connectivity index (χ1) is 9.15. The smallest absolute Gasteiger partial charge is 0.0500 e. The Kier molecular flexibility index (Phi) is 3.55. The van der Waals surface area contributed by atoms with E-state index in [-0.39, 0.29) is 0 Å². The molecule has 2 aromatic rings. The van der Waals surface area contributed by atoms with Crippen LogP contribution in [0.1, 0.15) is 44.8 Å². The van der Waals surface area contributed by atoms with Crippen LogP contribution in [0.4, 0.5) is 0 Å². The van der Waals surface area contributed by atoms with Gasteiger partial charge in [0.25, 0.3) is 0 Å². The molecule has 0 bridgehead atoms. The van der Waals surface area contributed by atoms with Crippen molar-refractivity contribution in [3.8, 4) is 0 Å². The first kappa shape index (κ1) is 13.0. The number of fused-ring (bicyclic) bond motifs is 1. The normalized spacial score (nSPS) is 16.2. The minimum absolute atomic E-state index is 0.453. The van der Waals surface area contributed by atoms with Gasteiger partial charge in [-0.1, -0.05) is 24.1 Å². The van der Waals surface area contributed by atoms with E-state index in [9.17, 15) is 0 Å². The van der Waals surface area contributed by atoms with E-state index in [1.165, 1.54) is 35.9 Å². The Bertz CT molecular complexity index is 582. The molecule has 0 saturated heterocycles. The summed E-state index contributed by atoms with van der Waals surface area (Å²) < 4.78 is 2.40. The molecule has 2 nitrogen and oxygen atoms in total. The van der Waals surface area contributed by atoms with Gasteiger partial charge in [-0.05, 0) is 44.9 Å². The highest BCUT2D eigenvalue weighted by Gasteiger charge is 2.18. The Labute approximate surface area is 119 Å². The van der Waals surface area contributed by atoms with Crippen LogP contribution in [0, 0.1) is 0 Å². The van der Waals surface area contributed by atoms with E-state index in [1.54, 1.807) is 0 Å². The molecule has 102 valence electrons. The topological polar surface area (TPSA) is 17.0 Å².